The Morgan fingerprint density at radius 2 is 2.12 bits per heavy atom. The van der Waals surface area contributed by atoms with E-state index in [2.05, 4.69) is 21.7 Å². The Labute approximate surface area is 150 Å². The highest BCUT2D eigenvalue weighted by molar-refractivity contribution is 5.70. The quantitative estimate of drug-likeness (QED) is 0.732. The van der Waals surface area contributed by atoms with E-state index in [1.54, 1.807) is 24.4 Å². The number of ether oxygens (including phenoxy) is 1. The summed E-state index contributed by atoms with van der Waals surface area (Å²) in [6.45, 7) is 3.72. The molecule has 2 heterocycles. The van der Waals surface area contributed by atoms with Gasteiger partial charge in [-0.1, -0.05) is 6.07 Å². The smallest absolute Gasteiger partial charge is 0.254 e. The fourth-order valence-corrected chi connectivity index (χ4v) is 3.29. The van der Waals surface area contributed by atoms with Crippen molar-refractivity contribution >= 4 is 12.1 Å². The molecule has 2 aromatic rings. The van der Waals surface area contributed by atoms with Crippen molar-refractivity contribution < 1.29 is 9.53 Å². The largest absolute Gasteiger partial charge is 0.496 e. The topological polar surface area (TPSA) is 107 Å². The number of anilines is 1. The van der Waals surface area contributed by atoms with E-state index in [1.165, 1.54) is 7.11 Å². The zero-order valence-electron chi connectivity index (χ0n) is 14.6. The maximum atomic E-state index is 12.7. The Morgan fingerprint density at radius 1 is 1.35 bits per heavy atom. The summed E-state index contributed by atoms with van der Waals surface area (Å²) >= 11 is 0. The van der Waals surface area contributed by atoms with Crippen LogP contribution in [0.3, 0.4) is 0 Å². The number of aryl methyl sites for hydroxylation is 1. The molecule has 0 spiro atoms. The van der Waals surface area contributed by atoms with Crippen LogP contribution in [0.5, 0.6) is 5.75 Å². The number of nitrogens with one attached hydrogen (secondary N) is 3. The van der Waals surface area contributed by atoms with Gasteiger partial charge in [-0.2, -0.15) is 5.26 Å². The van der Waals surface area contributed by atoms with Crippen LogP contribution in [0.25, 0.3) is 0 Å². The van der Waals surface area contributed by atoms with Gasteiger partial charge in [-0.05, 0) is 31.5 Å². The van der Waals surface area contributed by atoms with Crippen molar-refractivity contribution in [3.63, 3.8) is 0 Å². The number of carbonyl (C=O) groups excluding carboxylic acids is 1. The van der Waals surface area contributed by atoms with Crippen molar-refractivity contribution in [1.82, 2.24) is 10.3 Å². The summed E-state index contributed by atoms with van der Waals surface area (Å²) in [6.07, 6.45) is 2.23. The lowest BCUT2D eigenvalue weighted by Gasteiger charge is -2.31. The number of carbonyl (C=O) groups is 1. The van der Waals surface area contributed by atoms with Crippen LogP contribution in [-0.4, -0.2) is 18.5 Å². The first-order valence-corrected chi connectivity index (χ1v) is 8.00. The molecule has 7 nitrogen and oxygen atoms in total. The van der Waals surface area contributed by atoms with E-state index >= 15 is 0 Å². The number of nitrogens with zero attached hydrogens (tertiary/aromatic N) is 1. The number of fused-ring (bicyclic) bond motifs is 1. The molecule has 1 aromatic heterocycles. The predicted octanol–water partition coefficient (Wildman–Crippen LogP) is 2.10. The minimum Gasteiger partial charge on any atom is -0.496 e. The molecule has 0 saturated heterocycles. The Balaban J connectivity index is 2.34. The van der Waals surface area contributed by atoms with Crippen LogP contribution in [0.1, 0.15) is 35.1 Å². The third-order valence-electron chi connectivity index (χ3n) is 4.51. The molecule has 0 saturated carbocycles. The summed E-state index contributed by atoms with van der Waals surface area (Å²) in [5, 5.41) is 15.1. The molecule has 3 N–H and O–H groups in total. The van der Waals surface area contributed by atoms with Gasteiger partial charge in [0.25, 0.3) is 5.56 Å². The van der Waals surface area contributed by atoms with Gasteiger partial charge in [0.1, 0.15) is 5.75 Å². The van der Waals surface area contributed by atoms with Crippen molar-refractivity contribution in [2.75, 3.05) is 12.4 Å². The van der Waals surface area contributed by atoms with E-state index in [9.17, 15) is 9.59 Å². The number of pyridine rings is 1. The Bertz CT molecular complexity index is 1010. The standard InChI is InChI=1S/C19H18N4O3/c1-10-8-21-19(25)16-15(18(22-9-24)11(2)23-17(10)16)13-5-4-12(7-20)6-14(13)26-3/h4-6,8-9,15,23H,1-3H3,(H,21,25)(H,22,24). The van der Waals surface area contributed by atoms with Gasteiger partial charge in [0, 0.05) is 23.2 Å². The Kier molecular flexibility index (Phi) is 4.50. The molecule has 0 bridgehead atoms. The molecule has 1 aliphatic heterocycles. The summed E-state index contributed by atoms with van der Waals surface area (Å²) in [4.78, 5) is 26.6. The van der Waals surface area contributed by atoms with Gasteiger partial charge in [0.15, 0.2) is 0 Å². The van der Waals surface area contributed by atoms with Crippen molar-refractivity contribution in [3.05, 3.63) is 68.4 Å². The van der Waals surface area contributed by atoms with Crippen LogP contribution < -0.4 is 20.9 Å². The number of aromatic amines is 1. The van der Waals surface area contributed by atoms with Crippen LogP contribution in [0.4, 0.5) is 5.69 Å². The van der Waals surface area contributed by atoms with Crippen molar-refractivity contribution in [1.29, 1.82) is 5.26 Å². The number of amides is 1. The van der Waals surface area contributed by atoms with E-state index in [4.69, 9.17) is 10.00 Å². The van der Waals surface area contributed by atoms with Crippen LogP contribution >= 0.6 is 0 Å². The normalized spacial score (nSPS) is 15.5. The van der Waals surface area contributed by atoms with Crippen LogP contribution in [-0.2, 0) is 4.79 Å². The number of rotatable bonds is 4. The van der Waals surface area contributed by atoms with Gasteiger partial charge >= 0.3 is 0 Å². The summed E-state index contributed by atoms with van der Waals surface area (Å²) in [5.74, 6) is -0.0661. The average Bonchev–Trinajstić information content (AvgIpc) is 2.65. The summed E-state index contributed by atoms with van der Waals surface area (Å²) in [7, 11) is 1.51. The molecule has 0 radical (unpaired) electrons. The zero-order valence-corrected chi connectivity index (χ0v) is 14.6. The van der Waals surface area contributed by atoms with Crippen molar-refractivity contribution in [2.45, 2.75) is 19.8 Å². The van der Waals surface area contributed by atoms with E-state index in [0.717, 1.165) is 11.3 Å². The highest BCUT2D eigenvalue weighted by Gasteiger charge is 2.33. The third-order valence-corrected chi connectivity index (χ3v) is 4.51. The van der Waals surface area contributed by atoms with Crippen LogP contribution in [0.15, 0.2) is 40.6 Å². The molecule has 132 valence electrons. The molecule has 26 heavy (non-hydrogen) atoms. The lowest BCUT2D eigenvalue weighted by Crippen LogP contribution is -2.32. The maximum absolute atomic E-state index is 12.7. The van der Waals surface area contributed by atoms with Gasteiger partial charge in [-0.3, -0.25) is 9.59 Å². The average molecular weight is 350 g/mol. The van der Waals surface area contributed by atoms with Crippen molar-refractivity contribution in [3.8, 4) is 11.8 Å². The lowest BCUT2D eigenvalue weighted by molar-refractivity contribution is -0.109. The third kappa shape index (κ3) is 2.71. The molecule has 0 aliphatic carbocycles. The number of H-pyrrole nitrogens is 1. The molecule has 0 fully saturated rings. The van der Waals surface area contributed by atoms with Crippen LogP contribution in [0.2, 0.25) is 0 Å². The number of aromatic nitrogens is 1. The van der Waals surface area contributed by atoms with Gasteiger partial charge in [0.05, 0.1) is 35.9 Å². The minimum absolute atomic E-state index is 0.257. The number of allylic oxidation sites excluding steroid dienone is 2. The second-order valence-electron chi connectivity index (χ2n) is 6.02. The summed E-state index contributed by atoms with van der Waals surface area (Å²) in [5.41, 5.74) is 4.25. The van der Waals surface area contributed by atoms with Gasteiger partial charge < -0.3 is 20.4 Å². The number of hydrogen-bond acceptors (Lipinski definition) is 5. The highest BCUT2D eigenvalue weighted by atomic mass is 16.5. The van der Waals surface area contributed by atoms with E-state index < -0.39 is 5.92 Å². The van der Waals surface area contributed by atoms with E-state index in [0.29, 0.717) is 40.2 Å². The SMILES string of the molecule is COc1cc(C#N)ccc1C1C(NC=O)=C(C)Nc2c(C)c[nH]c(=O)c21. The maximum Gasteiger partial charge on any atom is 0.254 e. The number of nitriles is 1. The lowest BCUT2D eigenvalue weighted by atomic mass is 9.83. The fourth-order valence-electron chi connectivity index (χ4n) is 3.29. The minimum atomic E-state index is -0.539. The van der Waals surface area contributed by atoms with Crippen molar-refractivity contribution in [2.24, 2.45) is 0 Å². The monoisotopic (exact) mass is 350 g/mol. The molecule has 1 unspecified atom stereocenters. The molecule has 1 aliphatic rings. The van der Waals surface area contributed by atoms with Gasteiger partial charge in [0.2, 0.25) is 6.41 Å². The van der Waals surface area contributed by atoms with E-state index in [1.807, 2.05) is 13.8 Å². The predicted molar refractivity (Wildman–Crippen MR) is 96.9 cm³/mol. The molecule has 3 rings (SSSR count). The second kappa shape index (κ2) is 6.76. The Hall–Kier alpha value is -3.53. The second-order valence-corrected chi connectivity index (χ2v) is 6.02. The fraction of sp³-hybridized carbons (Fsp3) is 0.211. The van der Waals surface area contributed by atoms with Crippen LogP contribution in [0, 0.1) is 18.3 Å². The highest BCUT2D eigenvalue weighted by Crippen LogP contribution is 2.42. The Morgan fingerprint density at radius 3 is 2.77 bits per heavy atom. The number of methoxy groups -OCH3 is 1. The number of hydrogen-bond donors (Lipinski definition) is 3. The molecule has 7 heteroatoms. The molecular weight excluding hydrogens is 332 g/mol. The summed E-state index contributed by atoms with van der Waals surface area (Å²) in [6, 6.07) is 7.11. The zero-order chi connectivity index (χ0) is 18.8. The first-order chi connectivity index (χ1) is 12.5. The molecular formula is C19H18N4O3. The first kappa shape index (κ1) is 17.3. The van der Waals surface area contributed by atoms with Gasteiger partial charge in [-0.15, -0.1) is 0 Å². The number of benzene rings is 1. The summed E-state index contributed by atoms with van der Waals surface area (Å²) < 4.78 is 5.47. The molecule has 1 amide bonds. The van der Waals surface area contributed by atoms with E-state index in [-0.39, 0.29) is 5.56 Å². The molecule has 1 atom stereocenters. The molecule has 1 aromatic carbocycles. The van der Waals surface area contributed by atoms with Gasteiger partial charge in [-0.25, -0.2) is 0 Å². The first-order valence-electron chi connectivity index (χ1n) is 8.00.